The molecule has 1 aromatic carbocycles. The number of hydrogen-bond acceptors (Lipinski definition) is 3. The molecule has 0 radical (unpaired) electrons. The lowest BCUT2D eigenvalue weighted by Crippen LogP contribution is -2.24. The van der Waals surface area contributed by atoms with Crippen LogP contribution in [0.2, 0.25) is 0 Å². The van der Waals surface area contributed by atoms with Gasteiger partial charge in [-0.25, -0.2) is 0 Å². The minimum absolute atomic E-state index is 0.150. The Morgan fingerprint density at radius 1 is 1.15 bits per heavy atom. The molecule has 0 atom stereocenters. The number of carboxylic acids is 1. The second kappa shape index (κ2) is 8.58. The predicted octanol–water partition coefficient (Wildman–Crippen LogP) is 2.80. The van der Waals surface area contributed by atoms with E-state index in [1.165, 1.54) is 0 Å². The fraction of sp³-hybridized carbons (Fsp3) is 0.429. The Labute approximate surface area is 126 Å². The zero-order valence-electron chi connectivity index (χ0n) is 11.2. The van der Waals surface area contributed by atoms with E-state index in [0.29, 0.717) is 24.2 Å². The fourth-order valence-corrected chi connectivity index (χ4v) is 2.31. The summed E-state index contributed by atoms with van der Waals surface area (Å²) in [5.41, 5.74) is 6.74. The van der Waals surface area contributed by atoms with Gasteiger partial charge in [0, 0.05) is 28.7 Å². The van der Waals surface area contributed by atoms with Crippen LogP contribution in [0.3, 0.4) is 0 Å². The van der Waals surface area contributed by atoms with Gasteiger partial charge in [-0.2, -0.15) is 0 Å². The van der Waals surface area contributed by atoms with E-state index in [4.69, 9.17) is 10.8 Å². The highest BCUT2D eigenvalue weighted by atomic mass is 79.9. The molecule has 4 N–H and O–H groups in total. The largest absolute Gasteiger partial charge is 0.481 e. The molecule has 0 unspecified atom stereocenters. The van der Waals surface area contributed by atoms with Gasteiger partial charge < -0.3 is 16.2 Å². The molecule has 0 fully saturated rings. The second-order valence-electron chi connectivity index (χ2n) is 4.59. The number of benzene rings is 1. The van der Waals surface area contributed by atoms with E-state index in [1.807, 2.05) is 0 Å². The minimum Gasteiger partial charge on any atom is -0.481 e. The standard InChI is InChI=1S/C14H19BrN2O3/c15-11-7-10(8-12(16)9-11)14(20)17-6-4-2-1-3-5-13(18)19/h7-9H,1-6,16H2,(H,17,20)(H,18,19). The second-order valence-corrected chi connectivity index (χ2v) is 5.50. The number of carbonyl (C=O) groups excluding carboxylic acids is 1. The number of halogens is 1. The summed E-state index contributed by atoms with van der Waals surface area (Å²) >= 11 is 3.30. The number of carboxylic acid groups (broad SMARTS) is 1. The smallest absolute Gasteiger partial charge is 0.303 e. The third-order valence-corrected chi connectivity index (χ3v) is 3.24. The zero-order valence-corrected chi connectivity index (χ0v) is 12.8. The van der Waals surface area contributed by atoms with Crippen molar-refractivity contribution in [3.63, 3.8) is 0 Å². The van der Waals surface area contributed by atoms with Crippen LogP contribution in [0.25, 0.3) is 0 Å². The lowest BCUT2D eigenvalue weighted by Gasteiger charge is -2.06. The maximum atomic E-state index is 11.9. The molecule has 6 heteroatoms. The third-order valence-electron chi connectivity index (χ3n) is 2.79. The summed E-state index contributed by atoms with van der Waals surface area (Å²) in [5, 5.41) is 11.3. The molecule has 0 aliphatic heterocycles. The number of rotatable bonds is 8. The van der Waals surface area contributed by atoms with Crippen LogP contribution in [0, 0.1) is 0 Å². The summed E-state index contributed by atoms with van der Waals surface area (Å²) in [6, 6.07) is 5.09. The van der Waals surface area contributed by atoms with Crippen LogP contribution >= 0.6 is 15.9 Å². The van der Waals surface area contributed by atoms with Crippen LogP contribution in [-0.2, 0) is 4.79 Å². The van der Waals surface area contributed by atoms with E-state index in [-0.39, 0.29) is 12.3 Å². The highest BCUT2D eigenvalue weighted by molar-refractivity contribution is 9.10. The van der Waals surface area contributed by atoms with Crippen LogP contribution in [0.1, 0.15) is 42.5 Å². The summed E-state index contributed by atoms with van der Waals surface area (Å²) in [6.45, 7) is 0.582. The number of unbranched alkanes of at least 4 members (excludes halogenated alkanes) is 3. The van der Waals surface area contributed by atoms with Crippen LogP contribution in [0.5, 0.6) is 0 Å². The van der Waals surface area contributed by atoms with Gasteiger partial charge in [-0.1, -0.05) is 28.8 Å². The van der Waals surface area contributed by atoms with Gasteiger partial charge >= 0.3 is 5.97 Å². The van der Waals surface area contributed by atoms with Crippen molar-refractivity contribution in [2.75, 3.05) is 12.3 Å². The predicted molar refractivity (Wildman–Crippen MR) is 81.6 cm³/mol. The molecule has 20 heavy (non-hydrogen) atoms. The van der Waals surface area contributed by atoms with Crippen molar-refractivity contribution >= 4 is 33.5 Å². The molecule has 0 saturated heterocycles. The third kappa shape index (κ3) is 6.56. The van der Waals surface area contributed by atoms with E-state index in [0.717, 1.165) is 23.7 Å². The molecule has 0 aromatic heterocycles. The molecule has 0 bridgehead atoms. The summed E-state index contributed by atoms with van der Waals surface area (Å²) in [7, 11) is 0. The molecule has 5 nitrogen and oxygen atoms in total. The Morgan fingerprint density at radius 3 is 2.50 bits per heavy atom. The van der Waals surface area contributed by atoms with Gasteiger partial charge in [0.2, 0.25) is 0 Å². The van der Waals surface area contributed by atoms with Gasteiger partial charge in [0.1, 0.15) is 0 Å². The van der Waals surface area contributed by atoms with Gasteiger partial charge in [0.25, 0.3) is 5.91 Å². The van der Waals surface area contributed by atoms with Crippen molar-refractivity contribution in [3.8, 4) is 0 Å². The Morgan fingerprint density at radius 2 is 1.85 bits per heavy atom. The normalized spacial score (nSPS) is 10.2. The highest BCUT2D eigenvalue weighted by Crippen LogP contribution is 2.17. The summed E-state index contributed by atoms with van der Waals surface area (Å²) in [5.74, 6) is -0.908. The SMILES string of the molecule is Nc1cc(Br)cc(C(=O)NCCCCCCC(=O)O)c1. The minimum atomic E-state index is -0.759. The Bertz CT molecular complexity index is 457. The average molecular weight is 343 g/mol. The number of nitrogens with one attached hydrogen (secondary N) is 1. The number of hydrogen-bond donors (Lipinski definition) is 3. The molecule has 1 aromatic rings. The first-order chi connectivity index (χ1) is 9.49. The van der Waals surface area contributed by atoms with Crippen molar-refractivity contribution in [2.24, 2.45) is 0 Å². The Kier molecular flexibility index (Phi) is 7.08. The van der Waals surface area contributed by atoms with E-state index in [2.05, 4.69) is 21.2 Å². The topological polar surface area (TPSA) is 92.4 Å². The monoisotopic (exact) mass is 342 g/mol. The van der Waals surface area contributed by atoms with Crippen molar-refractivity contribution in [2.45, 2.75) is 32.1 Å². The molecule has 0 heterocycles. The van der Waals surface area contributed by atoms with Crippen LogP contribution in [0.4, 0.5) is 5.69 Å². The Hall–Kier alpha value is -1.56. The number of nitrogens with two attached hydrogens (primary N) is 1. The van der Waals surface area contributed by atoms with E-state index >= 15 is 0 Å². The number of aliphatic carboxylic acids is 1. The van der Waals surface area contributed by atoms with Crippen LogP contribution < -0.4 is 11.1 Å². The molecule has 0 saturated carbocycles. The summed E-state index contributed by atoms with van der Waals surface area (Å²) in [4.78, 5) is 22.2. The maximum absolute atomic E-state index is 11.9. The van der Waals surface area contributed by atoms with Gasteiger partial charge in [0.15, 0.2) is 0 Å². The molecule has 110 valence electrons. The van der Waals surface area contributed by atoms with Gasteiger partial charge in [-0.3, -0.25) is 9.59 Å². The maximum Gasteiger partial charge on any atom is 0.303 e. The molecular weight excluding hydrogens is 324 g/mol. The molecule has 0 aliphatic carbocycles. The van der Waals surface area contributed by atoms with Crippen molar-refractivity contribution in [1.29, 1.82) is 0 Å². The number of amides is 1. The van der Waals surface area contributed by atoms with Gasteiger partial charge in [0.05, 0.1) is 0 Å². The fourth-order valence-electron chi connectivity index (χ4n) is 1.80. The first-order valence-corrected chi connectivity index (χ1v) is 7.34. The van der Waals surface area contributed by atoms with Gasteiger partial charge in [-0.15, -0.1) is 0 Å². The average Bonchev–Trinajstić information content (AvgIpc) is 2.35. The van der Waals surface area contributed by atoms with Crippen LogP contribution in [0.15, 0.2) is 22.7 Å². The lowest BCUT2D eigenvalue weighted by molar-refractivity contribution is -0.137. The molecular formula is C14H19BrN2O3. The highest BCUT2D eigenvalue weighted by Gasteiger charge is 2.06. The number of anilines is 1. The quantitative estimate of drug-likeness (QED) is 0.500. The van der Waals surface area contributed by atoms with Crippen molar-refractivity contribution in [1.82, 2.24) is 5.32 Å². The van der Waals surface area contributed by atoms with E-state index in [1.54, 1.807) is 18.2 Å². The van der Waals surface area contributed by atoms with Gasteiger partial charge in [-0.05, 0) is 31.0 Å². The number of nitrogen functional groups attached to an aromatic ring is 1. The van der Waals surface area contributed by atoms with Crippen molar-refractivity contribution < 1.29 is 14.7 Å². The first kappa shape index (κ1) is 16.5. The first-order valence-electron chi connectivity index (χ1n) is 6.55. The summed E-state index contributed by atoms with van der Waals surface area (Å²) in [6.07, 6.45) is 3.52. The van der Waals surface area contributed by atoms with E-state index < -0.39 is 5.97 Å². The summed E-state index contributed by atoms with van der Waals surface area (Å²) < 4.78 is 0.774. The Balaban J connectivity index is 2.21. The zero-order chi connectivity index (χ0) is 15.0. The van der Waals surface area contributed by atoms with Crippen molar-refractivity contribution in [3.05, 3.63) is 28.2 Å². The van der Waals surface area contributed by atoms with E-state index in [9.17, 15) is 9.59 Å². The molecule has 1 amide bonds. The molecule has 1 rings (SSSR count). The van der Waals surface area contributed by atoms with Crippen LogP contribution in [-0.4, -0.2) is 23.5 Å². The molecule has 0 aliphatic rings. The lowest BCUT2D eigenvalue weighted by atomic mass is 10.1. The number of carbonyl (C=O) groups is 2. The molecule has 0 spiro atoms.